The van der Waals surface area contributed by atoms with Crippen LogP contribution in [0.3, 0.4) is 0 Å². The number of thioether (sulfide) groups is 2. The Balaban J connectivity index is 2.41. The van der Waals surface area contributed by atoms with Gasteiger partial charge in [0.1, 0.15) is 0 Å². The second-order valence-corrected chi connectivity index (χ2v) is 8.42. The van der Waals surface area contributed by atoms with E-state index in [1.807, 2.05) is 0 Å². The first-order valence-corrected chi connectivity index (χ1v) is 9.13. The van der Waals surface area contributed by atoms with Gasteiger partial charge in [0.2, 0.25) is 0 Å². The second kappa shape index (κ2) is 7.96. The summed E-state index contributed by atoms with van der Waals surface area (Å²) in [5, 5.41) is 1.48. The lowest BCUT2D eigenvalue weighted by Crippen LogP contribution is -2.42. The van der Waals surface area contributed by atoms with Crippen molar-refractivity contribution in [3.05, 3.63) is 0 Å². The standard InChI is InChI=1S/C14H29NS2/c1-5-13-14(17-7-6-16-13)12(15)9-11(4)8-10(2)3/h10-14H,5-9,15H2,1-4H3. The maximum Gasteiger partial charge on any atom is 0.0318 e. The van der Waals surface area contributed by atoms with Gasteiger partial charge in [-0.25, -0.2) is 0 Å². The Labute approximate surface area is 116 Å². The molecule has 3 heteroatoms. The van der Waals surface area contributed by atoms with E-state index in [9.17, 15) is 0 Å². The second-order valence-electron chi connectivity index (χ2n) is 5.79. The van der Waals surface area contributed by atoms with E-state index >= 15 is 0 Å². The molecule has 1 rings (SSSR count). The van der Waals surface area contributed by atoms with Crippen molar-refractivity contribution in [3.63, 3.8) is 0 Å². The number of hydrogen-bond acceptors (Lipinski definition) is 3. The molecule has 0 aromatic heterocycles. The van der Waals surface area contributed by atoms with Crippen LogP contribution >= 0.6 is 23.5 Å². The van der Waals surface area contributed by atoms with Gasteiger partial charge in [-0.1, -0.05) is 27.7 Å². The van der Waals surface area contributed by atoms with Crippen molar-refractivity contribution < 1.29 is 0 Å². The Kier molecular flexibility index (Phi) is 7.36. The van der Waals surface area contributed by atoms with Crippen molar-refractivity contribution >= 4 is 23.5 Å². The number of nitrogens with two attached hydrogens (primary N) is 1. The summed E-state index contributed by atoms with van der Waals surface area (Å²) in [4.78, 5) is 0. The third-order valence-corrected chi connectivity index (χ3v) is 6.89. The Morgan fingerprint density at radius 3 is 2.35 bits per heavy atom. The molecule has 17 heavy (non-hydrogen) atoms. The van der Waals surface area contributed by atoms with Gasteiger partial charge in [-0.2, -0.15) is 23.5 Å². The van der Waals surface area contributed by atoms with E-state index in [4.69, 9.17) is 5.73 Å². The third kappa shape index (κ3) is 5.44. The molecular weight excluding hydrogens is 246 g/mol. The Bertz CT molecular complexity index is 208. The minimum Gasteiger partial charge on any atom is -0.327 e. The Morgan fingerprint density at radius 2 is 1.76 bits per heavy atom. The van der Waals surface area contributed by atoms with Crippen molar-refractivity contribution in [1.29, 1.82) is 0 Å². The van der Waals surface area contributed by atoms with E-state index in [1.54, 1.807) is 0 Å². The van der Waals surface area contributed by atoms with Crippen LogP contribution in [0.1, 0.15) is 47.0 Å². The lowest BCUT2D eigenvalue weighted by atomic mass is 9.91. The molecule has 1 aliphatic heterocycles. The summed E-state index contributed by atoms with van der Waals surface area (Å²) in [6, 6.07) is 0.395. The van der Waals surface area contributed by atoms with E-state index in [1.165, 1.54) is 30.8 Å². The minimum atomic E-state index is 0.395. The monoisotopic (exact) mass is 275 g/mol. The zero-order valence-corrected chi connectivity index (χ0v) is 13.4. The molecule has 0 saturated carbocycles. The zero-order chi connectivity index (χ0) is 12.8. The lowest BCUT2D eigenvalue weighted by Gasteiger charge is -2.35. The molecule has 1 heterocycles. The molecule has 1 fully saturated rings. The van der Waals surface area contributed by atoms with Crippen LogP contribution in [0.2, 0.25) is 0 Å². The molecule has 0 bridgehead atoms. The summed E-state index contributed by atoms with van der Waals surface area (Å²) in [6.07, 6.45) is 3.79. The molecule has 102 valence electrons. The van der Waals surface area contributed by atoms with Crippen LogP contribution < -0.4 is 5.73 Å². The normalized spacial score (nSPS) is 29.3. The topological polar surface area (TPSA) is 26.0 Å². The van der Waals surface area contributed by atoms with Gasteiger partial charge in [-0.3, -0.25) is 0 Å². The molecule has 4 unspecified atom stereocenters. The SMILES string of the molecule is CCC1SCCSC1C(N)CC(C)CC(C)C. The zero-order valence-electron chi connectivity index (χ0n) is 11.8. The number of hydrogen-bond donors (Lipinski definition) is 1. The van der Waals surface area contributed by atoms with Crippen molar-refractivity contribution in [2.45, 2.75) is 63.5 Å². The Hall–Kier alpha value is 0.660. The minimum absolute atomic E-state index is 0.395. The lowest BCUT2D eigenvalue weighted by molar-refractivity contribution is 0.377. The summed E-state index contributed by atoms with van der Waals surface area (Å²) in [6.45, 7) is 9.28. The van der Waals surface area contributed by atoms with E-state index in [-0.39, 0.29) is 0 Å². The van der Waals surface area contributed by atoms with Gasteiger partial charge in [0, 0.05) is 28.0 Å². The van der Waals surface area contributed by atoms with Gasteiger partial charge >= 0.3 is 0 Å². The van der Waals surface area contributed by atoms with Crippen LogP contribution in [0.25, 0.3) is 0 Å². The molecule has 0 radical (unpaired) electrons. The van der Waals surface area contributed by atoms with Crippen LogP contribution in [0.5, 0.6) is 0 Å². The van der Waals surface area contributed by atoms with Crippen LogP contribution in [0.4, 0.5) is 0 Å². The van der Waals surface area contributed by atoms with Gasteiger partial charge in [0.15, 0.2) is 0 Å². The molecule has 0 amide bonds. The fourth-order valence-electron chi connectivity index (χ4n) is 2.84. The molecule has 1 aliphatic rings. The first kappa shape index (κ1) is 15.7. The fourth-order valence-corrected chi connectivity index (χ4v) is 6.04. The van der Waals surface area contributed by atoms with E-state index in [2.05, 4.69) is 51.2 Å². The number of rotatable bonds is 6. The van der Waals surface area contributed by atoms with Crippen molar-refractivity contribution in [3.8, 4) is 0 Å². The van der Waals surface area contributed by atoms with E-state index in [0.717, 1.165) is 17.1 Å². The van der Waals surface area contributed by atoms with Gasteiger partial charge in [0.25, 0.3) is 0 Å². The summed E-state index contributed by atoms with van der Waals surface area (Å²) >= 11 is 4.26. The van der Waals surface area contributed by atoms with E-state index < -0.39 is 0 Å². The highest BCUT2D eigenvalue weighted by atomic mass is 32.2. The third-order valence-electron chi connectivity index (χ3n) is 3.46. The average molecular weight is 276 g/mol. The maximum atomic E-state index is 6.46. The molecule has 2 N–H and O–H groups in total. The molecule has 1 saturated heterocycles. The molecule has 4 atom stereocenters. The van der Waals surface area contributed by atoms with Crippen molar-refractivity contribution in [2.24, 2.45) is 17.6 Å². The first-order valence-electron chi connectivity index (χ1n) is 7.03. The summed E-state index contributed by atoms with van der Waals surface area (Å²) in [5.74, 6) is 4.18. The largest absolute Gasteiger partial charge is 0.327 e. The molecule has 0 aromatic rings. The molecule has 0 aromatic carbocycles. The summed E-state index contributed by atoms with van der Waals surface area (Å²) in [7, 11) is 0. The molecule has 1 nitrogen and oxygen atoms in total. The van der Waals surface area contributed by atoms with Crippen LogP contribution in [-0.4, -0.2) is 28.0 Å². The highest BCUT2D eigenvalue weighted by molar-refractivity contribution is 8.07. The maximum absolute atomic E-state index is 6.46. The van der Waals surface area contributed by atoms with Crippen molar-refractivity contribution in [2.75, 3.05) is 11.5 Å². The van der Waals surface area contributed by atoms with Gasteiger partial charge < -0.3 is 5.73 Å². The van der Waals surface area contributed by atoms with Crippen LogP contribution in [0, 0.1) is 11.8 Å². The van der Waals surface area contributed by atoms with Gasteiger partial charge in [-0.05, 0) is 31.1 Å². The van der Waals surface area contributed by atoms with Crippen LogP contribution in [-0.2, 0) is 0 Å². The van der Waals surface area contributed by atoms with Gasteiger partial charge in [0.05, 0.1) is 0 Å². The van der Waals surface area contributed by atoms with Gasteiger partial charge in [-0.15, -0.1) is 0 Å². The van der Waals surface area contributed by atoms with Crippen molar-refractivity contribution in [1.82, 2.24) is 0 Å². The fraction of sp³-hybridized carbons (Fsp3) is 1.00. The summed E-state index contributed by atoms with van der Waals surface area (Å²) < 4.78 is 0. The highest BCUT2D eigenvalue weighted by Gasteiger charge is 2.30. The van der Waals surface area contributed by atoms with Crippen LogP contribution in [0.15, 0.2) is 0 Å². The first-order chi connectivity index (χ1) is 8.04. The molecule has 0 aliphatic carbocycles. The van der Waals surface area contributed by atoms with E-state index in [0.29, 0.717) is 11.3 Å². The molecular formula is C14H29NS2. The predicted octanol–water partition coefficient (Wildman–Crippen LogP) is 4.01. The summed E-state index contributed by atoms with van der Waals surface area (Å²) in [5.41, 5.74) is 6.46. The molecule has 0 spiro atoms. The average Bonchev–Trinajstić information content (AvgIpc) is 2.27. The predicted molar refractivity (Wildman–Crippen MR) is 84.0 cm³/mol. The highest BCUT2D eigenvalue weighted by Crippen LogP contribution is 2.36. The smallest absolute Gasteiger partial charge is 0.0318 e. The Morgan fingerprint density at radius 1 is 1.12 bits per heavy atom. The quantitative estimate of drug-likeness (QED) is 0.793.